The van der Waals surface area contributed by atoms with E-state index in [-0.39, 0.29) is 5.91 Å². The van der Waals surface area contributed by atoms with Crippen molar-refractivity contribution in [2.24, 2.45) is 18.9 Å². The Balaban J connectivity index is 1.40. The van der Waals surface area contributed by atoms with Crippen LogP contribution >= 0.6 is 0 Å². The van der Waals surface area contributed by atoms with E-state index in [9.17, 15) is 4.79 Å². The van der Waals surface area contributed by atoms with Crippen LogP contribution in [0.1, 0.15) is 27.5 Å². The van der Waals surface area contributed by atoms with E-state index in [0.717, 1.165) is 36.2 Å². The molecule has 2 aliphatic heterocycles. The number of rotatable bonds is 2. The zero-order valence-electron chi connectivity index (χ0n) is 16.7. The zero-order valence-corrected chi connectivity index (χ0v) is 16.7. The van der Waals surface area contributed by atoms with Crippen LogP contribution in [0.2, 0.25) is 0 Å². The summed E-state index contributed by atoms with van der Waals surface area (Å²) in [4.78, 5) is 22.1. The lowest BCUT2D eigenvalue weighted by Gasteiger charge is -2.28. The summed E-state index contributed by atoms with van der Waals surface area (Å²) >= 11 is 0. The summed E-state index contributed by atoms with van der Waals surface area (Å²) in [5, 5.41) is 0. The first-order valence-electron chi connectivity index (χ1n) is 9.99. The van der Waals surface area contributed by atoms with Crippen molar-refractivity contribution in [1.82, 2.24) is 19.4 Å². The van der Waals surface area contributed by atoms with Gasteiger partial charge in [0.25, 0.3) is 5.91 Å². The fourth-order valence-electron chi connectivity index (χ4n) is 5.26. The number of amides is 1. The quantitative estimate of drug-likeness (QED) is 0.691. The lowest BCUT2D eigenvalue weighted by Crippen LogP contribution is -2.33. The lowest BCUT2D eigenvalue weighted by atomic mass is 9.88. The Labute approximate surface area is 165 Å². The molecule has 0 N–H and O–H groups in total. The third-order valence-corrected chi connectivity index (χ3v) is 6.66. The van der Waals surface area contributed by atoms with E-state index in [4.69, 9.17) is 0 Å². The van der Waals surface area contributed by atoms with E-state index in [2.05, 4.69) is 53.0 Å². The van der Waals surface area contributed by atoms with Gasteiger partial charge in [0.15, 0.2) is 0 Å². The Morgan fingerprint density at radius 1 is 1.07 bits per heavy atom. The molecule has 5 rings (SSSR count). The second-order valence-corrected chi connectivity index (χ2v) is 8.43. The normalized spacial score (nSPS) is 24.8. The molecule has 2 saturated heterocycles. The number of nitrogens with zero attached hydrogens (tertiary/aromatic N) is 4. The van der Waals surface area contributed by atoms with Crippen LogP contribution in [-0.4, -0.2) is 51.9 Å². The van der Waals surface area contributed by atoms with Crippen LogP contribution in [0.15, 0.2) is 48.8 Å². The van der Waals surface area contributed by atoms with Crippen LogP contribution in [0.3, 0.4) is 0 Å². The topological polar surface area (TPSA) is 41.4 Å². The number of carbonyl (C=O) groups excluding carboxylic acids is 1. The summed E-state index contributed by atoms with van der Waals surface area (Å²) in [5.41, 5.74) is 5.42. The number of aromatic nitrogens is 2. The molecule has 0 radical (unpaired) electrons. The van der Waals surface area contributed by atoms with Gasteiger partial charge in [-0.25, -0.2) is 4.98 Å². The number of carbonyl (C=O) groups is 1. The number of likely N-dealkylation sites (tertiary alicyclic amines) is 2. The predicted octanol–water partition coefficient (Wildman–Crippen LogP) is 3.26. The highest BCUT2D eigenvalue weighted by Crippen LogP contribution is 2.45. The molecule has 0 aliphatic carbocycles. The summed E-state index contributed by atoms with van der Waals surface area (Å²) in [5.74, 6) is 1.17. The number of hydrogen-bond donors (Lipinski definition) is 0. The number of hydrogen-bond acceptors (Lipinski definition) is 3. The molecule has 28 heavy (non-hydrogen) atoms. The fraction of sp³-hybridized carbons (Fsp3) is 0.391. The number of fused-ring (bicyclic) bond motifs is 2. The Bertz CT molecular complexity index is 1060. The summed E-state index contributed by atoms with van der Waals surface area (Å²) < 4.78 is 1.98. The molecular weight excluding hydrogens is 348 g/mol. The Morgan fingerprint density at radius 3 is 2.71 bits per heavy atom. The highest BCUT2D eigenvalue weighted by atomic mass is 16.2. The fourth-order valence-corrected chi connectivity index (χ4v) is 5.26. The lowest BCUT2D eigenvalue weighted by molar-refractivity contribution is 0.0768. The molecule has 1 amide bonds. The molecule has 0 unspecified atom stereocenters. The SMILES string of the molecule is Cc1ccccc1[C@@H]1[C@@H]2CN(C(=O)c3ccc4c(c3)ncn4C)C[C@@H]2CN1C. The van der Waals surface area contributed by atoms with Crippen molar-refractivity contribution < 1.29 is 4.79 Å². The van der Waals surface area contributed by atoms with Gasteiger partial charge in [-0.15, -0.1) is 0 Å². The van der Waals surface area contributed by atoms with Crippen LogP contribution in [0.25, 0.3) is 11.0 Å². The molecule has 5 heteroatoms. The van der Waals surface area contributed by atoms with Gasteiger partial charge in [-0.1, -0.05) is 24.3 Å². The monoisotopic (exact) mass is 374 g/mol. The Hall–Kier alpha value is -2.66. The maximum atomic E-state index is 13.2. The summed E-state index contributed by atoms with van der Waals surface area (Å²) in [6, 6.07) is 14.9. The summed E-state index contributed by atoms with van der Waals surface area (Å²) in [6.45, 7) is 4.91. The van der Waals surface area contributed by atoms with Gasteiger partial charge < -0.3 is 9.47 Å². The average Bonchev–Trinajstić information content (AvgIpc) is 3.34. The number of aryl methyl sites for hydroxylation is 2. The third kappa shape index (κ3) is 2.65. The van der Waals surface area contributed by atoms with E-state index < -0.39 is 0 Å². The maximum absolute atomic E-state index is 13.2. The standard InChI is InChI=1S/C23H26N4O/c1-15-6-4-5-7-18(15)22-19-13-27(12-17(19)11-25(22)2)23(28)16-8-9-21-20(10-16)24-14-26(21)3/h4-10,14,17,19,22H,11-13H2,1-3H3/t17-,19+,22+/m0/s1. The second-order valence-electron chi connectivity index (χ2n) is 8.43. The van der Waals surface area contributed by atoms with Crippen LogP contribution in [-0.2, 0) is 7.05 Å². The van der Waals surface area contributed by atoms with Gasteiger partial charge in [0.2, 0.25) is 0 Å². The van der Waals surface area contributed by atoms with Crippen LogP contribution in [0.5, 0.6) is 0 Å². The van der Waals surface area contributed by atoms with Crippen LogP contribution in [0, 0.1) is 18.8 Å². The van der Waals surface area contributed by atoms with Crippen molar-refractivity contribution in [2.45, 2.75) is 13.0 Å². The van der Waals surface area contributed by atoms with Crippen molar-refractivity contribution >= 4 is 16.9 Å². The molecule has 144 valence electrons. The minimum Gasteiger partial charge on any atom is -0.338 e. The first-order valence-corrected chi connectivity index (χ1v) is 9.99. The van der Waals surface area contributed by atoms with Crippen molar-refractivity contribution in [3.63, 3.8) is 0 Å². The van der Waals surface area contributed by atoms with Crippen molar-refractivity contribution in [2.75, 3.05) is 26.7 Å². The number of benzene rings is 2. The third-order valence-electron chi connectivity index (χ3n) is 6.66. The first kappa shape index (κ1) is 17.4. The van der Waals surface area contributed by atoms with Gasteiger partial charge >= 0.3 is 0 Å². The van der Waals surface area contributed by atoms with Gasteiger partial charge in [-0.2, -0.15) is 0 Å². The molecule has 3 aromatic rings. The molecule has 2 fully saturated rings. The van der Waals surface area contributed by atoms with Crippen molar-refractivity contribution in [3.8, 4) is 0 Å². The highest BCUT2D eigenvalue weighted by molar-refractivity contribution is 5.97. The molecular formula is C23H26N4O. The molecule has 3 atom stereocenters. The first-order chi connectivity index (χ1) is 13.5. The maximum Gasteiger partial charge on any atom is 0.253 e. The Kier molecular flexibility index (Phi) is 4.02. The van der Waals surface area contributed by atoms with Gasteiger partial charge in [0.05, 0.1) is 17.4 Å². The van der Waals surface area contributed by atoms with Crippen molar-refractivity contribution in [3.05, 3.63) is 65.5 Å². The molecule has 2 aliphatic rings. The van der Waals surface area contributed by atoms with E-state index in [1.54, 1.807) is 6.33 Å². The van der Waals surface area contributed by atoms with Gasteiger partial charge in [-0.3, -0.25) is 9.69 Å². The minimum absolute atomic E-state index is 0.133. The number of imidazole rings is 1. The molecule has 2 aromatic carbocycles. The minimum atomic E-state index is 0.133. The van der Waals surface area contributed by atoms with E-state index in [0.29, 0.717) is 17.9 Å². The van der Waals surface area contributed by atoms with Gasteiger partial charge in [0, 0.05) is 44.2 Å². The van der Waals surface area contributed by atoms with Gasteiger partial charge in [-0.05, 0) is 49.2 Å². The van der Waals surface area contributed by atoms with E-state index in [1.807, 2.05) is 29.8 Å². The average molecular weight is 374 g/mol. The van der Waals surface area contributed by atoms with E-state index >= 15 is 0 Å². The smallest absolute Gasteiger partial charge is 0.253 e. The van der Waals surface area contributed by atoms with Crippen molar-refractivity contribution in [1.29, 1.82) is 0 Å². The van der Waals surface area contributed by atoms with E-state index in [1.165, 1.54) is 11.1 Å². The summed E-state index contributed by atoms with van der Waals surface area (Å²) in [7, 11) is 4.19. The Morgan fingerprint density at radius 2 is 1.89 bits per heavy atom. The molecule has 5 nitrogen and oxygen atoms in total. The molecule has 0 spiro atoms. The largest absolute Gasteiger partial charge is 0.338 e. The summed E-state index contributed by atoms with van der Waals surface area (Å²) in [6.07, 6.45) is 1.79. The highest BCUT2D eigenvalue weighted by Gasteiger charge is 2.47. The molecule has 3 heterocycles. The van der Waals surface area contributed by atoms with Crippen LogP contribution in [0.4, 0.5) is 0 Å². The molecule has 0 bridgehead atoms. The zero-order chi connectivity index (χ0) is 19.4. The molecule has 0 saturated carbocycles. The predicted molar refractivity (Wildman–Crippen MR) is 110 cm³/mol. The van der Waals surface area contributed by atoms with Gasteiger partial charge in [0.1, 0.15) is 0 Å². The van der Waals surface area contributed by atoms with Crippen LogP contribution < -0.4 is 0 Å². The molecule has 1 aromatic heterocycles. The second kappa shape index (κ2) is 6.45.